The van der Waals surface area contributed by atoms with E-state index < -0.39 is 0 Å². The molecule has 3 rings (SSSR count). The van der Waals surface area contributed by atoms with E-state index in [1.54, 1.807) is 0 Å². The van der Waals surface area contributed by atoms with E-state index in [2.05, 4.69) is 34.6 Å². The molecule has 2 N–H and O–H groups in total. The van der Waals surface area contributed by atoms with Crippen molar-refractivity contribution in [3.8, 4) is 0 Å². The molecule has 2 aromatic rings. The smallest absolute Gasteiger partial charge is 0.146 e. The lowest BCUT2D eigenvalue weighted by Crippen LogP contribution is -2.30. The molecule has 0 radical (unpaired) electrons. The fourth-order valence-electron chi connectivity index (χ4n) is 2.24. The lowest BCUT2D eigenvalue weighted by molar-refractivity contribution is -0.0216. The lowest BCUT2D eigenvalue weighted by atomic mass is 10.0. The SMILES string of the molecule is CC(C)c1cn(C2COC2)c2ncnc(N)c12. The zero-order chi connectivity index (χ0) is 12.0. The van der Waals surface area contributed by atoms with Crippen LogP contribution >= 0.6 is 0 Å². The Bertz CT molecular complexity index is 557. The molecule has 0 atom stereocenters. The number of ether oxygens (including phenoxy) is 1. The third kappa shape index (κ3) is 1.50. The second kappa shape index (κ2) is 3.70. The Kier molecular flexibility index (Phi) is 2.29. The molecule has 1 fully saturated rings. The van der Waals surface area contributed by atoms with Crippen molar-refractivity contribution in [1.82, 2.24) is 14.5 Å². The molecule has 0 saturated carbocycles. The van der Waals surface area contributed by atoms with Gasteiger partial charge in [0.1, 0.15) is 17.8 Å². The van der Waals surface area contributed by atoms with Crippen molar-refractivity contribution in [3.63, 3.8) is 0 Å². The molecule has 0 unspecified atom stereocenters. The van der Waals surface area contributed by atoms with E-state index in [1.165, 1.54) is 11.9 Å². The largest absolute Gasteiger partial charge is 0.383 e. The van der Waals surface area contributed by atoms with Crippen LogP contribution in [0.25, 0.3) is 11.0 Å². The second-order valence-corrected chi connectivity index (χ2v) is 4.80. The monoisotopic (exact) mass is 232 g/mol. The molecular weight excluding hydrogens is 216 g/mol. The first-order valence-electron chi connectivity index (χ1n) is 5.87. The van der Waals surface area contributed by atoms with Gasteiger partial charge in [0.05, 0.1) is 24.6 Å². The van der Waals surface area contributed by atoms with Crippen LogP contribution in [0, 0.1) is 0 Å². The minimum absolute atomic E-state index is 0.388. The first-order chi connectivity index (χ1) is 8.18. The predicted octanol–water partition coefficient (Wildman–Crippen LogP) is 1.71. The summed E-state index contributed by atoms with van der Waals surface area (Å²) in [6.45, 7) is 5.82. The highest BCUT2D eigenvalue weighted by Gasteiger charge is 2.25. The summed E-state index contributed by atoms with van der Waals surface area (Å²) < 4.78 is 7.42. The molecule has 1 saturated heterocycles. The zero-order valence-electron chi connectivity index (χ0n) is 10.1. The maximum Gasteiger partial charge on any atom is 0.146 e. The number of nitrogens with zero attached hydrogens (tertiary/aromatic N) is 3. The molecule has 1 aliphatic heterocycles. The van der Waals surface area contributed by atoms with E-state index in [-0.39, 0.29) is 0 Å². The van der Waals surface area contributed by atoms with Crippen LogP contribution in [0.2, 0.25) is 0 Å². The average molecular weight is 232 g/mol. The molecule has 0 aliphatic carbocycles. The Labute approximate surface area is 99.6 Å². The van der Waals surface area contributed by atoms with Gasteiger partial charge < -0.3 is 15.0 Å². The van der Waals surface area contributed by atoms with Gasteiger partial charge in [0.15, 0.2) is 0 Å². The summed E-state index contributed by atoms with van der Waals surface area (Å²) in [6, 6.07) is 0.388. The van der Waals surface area contributed by atoms with Crippen molar-refractivity contribution >= 4 is 16.9 Å². The summed E-state index contributed by atoms with van der Waals surface area (Å²) in [5.41, 5.74) is 8.11. The Balaban J connectivity index is 2.26. The maximum atomic E-state index is 5.97. The highest BCUT2D eigenvalue weighted by Crippen LogP contribution is 2.32. The van der Waals surface area contributed by atoms with Crippen molar-refractivity contribution < 1.29 is 4.74 Å². The van der Waals surface area contributed by atoms with E-state index in [9.17, 15) is 0 Å². The van der Waals surface area contributed by atoms with Crippen LogP contribution in [0.3, 0.4) is 0 Å². The van der Waals surface area contributed by atoms with Crippen LogP contribution in [-0.2, 0) is 4.74 Å². The van der Waals surface area contributed by atoms with Crippen molar-refractivity contribution in [3.05, 3.63) is 18.1 Å². The lowest BCUT2D eigenvalue weighted by Gasteiger charge is -2.27. The van der Waals surface area contributed by atoms with Crippen molar-refractivity contribution in [1.29, 1.82) is 0 Å². The standard InChI is InChI=1S/C12H16N4O/c1-7(2)9-3-16(8-4-17-5-8)12-10(9)11(13)14-6-15-12/h3,6-8H,4-5H2,1-2H3,(H2,13,14,15). The number of hydrogen-bond donors (Lipinski definition) is 1. The molecule has 0 amide bonds. The summed E-state index contributed by atoms with van der Waals surface area (Å²) in [5, 5.41) is 0.995. The Morgan fingerprint density at radius 2 is 2.18 bits per heavy atom. The third-order valence-electron chi connectivity index (χ3n) is 3.30. The third-order valence-corrected chi connectivity index (χ3v) is 3.30. The topological polar surface area (TPSA) is 66.0 Å². The molecule has 5 nitrogen and oxygen atoms in total. The van der Waals surface area contributed by atoms with Crippen LogP contribution < -0.4 is 5.73 Å². The molecule has 0 bridgehead atoms. The Hall–Kier alpha value is -1.62. The molecule has 0 aromatic carbocycles. The number of nitrogen functional groups attached to an aromatic ring is 1. The number of rotatable bonds is 2. The van der Waals surface area contributed by atoms with E-state index >= 15 is 0 Å². The molecular formula is C12H16N4O. The molecule has 17 heavy (non-hydrogen) atoms. The van der Waals surface area contributed by atoms with Crippen LogP contribution in [0.5, 0.6) is 0 Å². The summed E-state index contributed by atoms with van der Waals surface area (Å²) in [5.74, 6) is 0.978. The van der Waals surface area contributed by atoms with E-state index in [4.69, 9.17) is 10.5 Å². The number of aromatic nitrogens is 3. The minimum atomic E-state index is 0.388. The molecule has 5 heteroatoms. The van der Waals surface area contributed by atoms with E-state index in [1.807, 2.05) is 0 Å². The normalized spacial score (nSPS) is 16.6. The quantitative estimate of drug-likeness (QED) is 0.856. The highest BCUT2D eigenvalue weighted by molar-refractivity contribution is 5.90. The van der Waals surface area contributed by atoms with Gasteiger partial charge >= 0.3 is 0 Å². The van der Waals surface area contributed by atoms with Gasteiger partial charge in [0.2, 0.25) is 0 Å². The molecule has 90 valence electrons. The van der Waals surface area contributed by atoms with Gasteiger partial charge in [-0.3, -0.25) is 0 Å². The van der Waals surface area contributed by atoms with Crippen LogP contribution in [-0.4, -0.2) is 27.7 Å². The van der Waals surface area contributed by atoms with Gasteiger partial charge in [-0.25, -0.2) is 9.97 Å². The molecule has 3 heterocycles. The summed E-state index contributed by atoms with van der Waals surface area (Å²) in [4.78, 5) is 8.45. The zero-order valence-corrected chi connectivity index (χ0v) is 10.1. The fourth-order valence-corrected chi connectivity index (χ4v) is 2.24. The maximum absolute atomic E-state index is 5.97. The average Bonchev–Trinajstić information content (AvgIpc) is 2.57. The van der Waals surface area contributed by atoms with Gasteiger partial charge in [0, 0.05) is 6.20 Å². The number of fused-ring (bicyclic) bond motifs is 1. The van der Waals surface area contributed by atoms with Crippen LogP contribution in [0.4, 0.5) is 5.82 Å². The number of hydrogen-bond acceptors (Lipinski definition) is 4. The Morgan fingerprint density at radius 3 is 2.76 bits per heavy atom. The van der Waals surface area contributed by atoms with E-state index in [0.717, 1.165) is 24.2 Å². The summed E-state index contributed by atoms with van der Waals surface area (Å²) in [6.07, 6.45) is 3.67. The highest BCUT2D eigenvalue weighted by atomic mass is 16.5. The van der Waals surface area contributed by atoms with Gasteiger partial charge in [-0.2, -0.15) is 0 Å². The predicted molar refractivity (Wildman–Crippen MR) is 65.9 cm³/mol. The fraction of sp³-hybridized carbons (Fsp3) is 0.500. The molecule has 2 aromatic heterocycles. The van der Waals surface area contributed by atoms with E-state index in [0.29, 0.717) is 17.8 Å². The summed E-state index contributed by atoms with van der Waals surface area (Å²) in [7, 11) is 0. The van der Waals surface area contributed by atoms with Crippen LogP contribution in [0.1, 0.15) is 31.4 Å². The number of nitrogens with two attached hydrogens (primary N) is 1. The number of anilines is 1. The van der Waals surface area contributed by atoms with Crippen molar-refractivity contribution in [2.45, 2.75) is 25.8 Å². The minimum Gasteiger partial charge on any atom is -0.383 e. The Morgan fingerprint density at radius 1 is 1.41 bits per heavy atom. The first kappa shape index (κ1) is 10.5. The second-order valence-electron chi connectivity index (χ2n) is 4.80. The van der Waals surface area contributed by atoms with Crippen LogP contribution in [0.15, 0.2) is 12.5 Å². The summed E-state index contributed by atoms with van der Waals surface area (Å²) >= 11 is 0. The van der Waals surface area contributed by atoms with Crippen molar-refractivity contribution in [2.24, 2.45) is 0 Å². The molecule has 1 aliphatic rings. The molecule has 0 spiro atoms. The van der Waals surface area contributed by atoms with Crippen molar-refractivity contribution in [2.75, 3.05) is 18.9 Å². The van der Waals surface area contributed by atoms with Gasteiger partial charge in [-0.05, 0) is 11.5 Å². The van der Waals surface area contributed by atoms with Gasteiger partial charge in [-0.1, -0.05) is 13.8 Å². The first-order valence-corrected chi connectivity index (χ1v) is 5.87. The van der Waals surface area contributed by atoms with Gasteiger partial charge in [-0.15, -0.1) is 0 Å². The van der Waals surface area contributed by atoms with Gasteiger partial charge in [0.25, 0.3) is 0 Å².